The number of hydrazine groups is 1. The third kappa shape index (κ3) is 3.20. The maximum absolute atomic E-state index is 13.7. The summed E-state index contributed by atoms with van der Waals surface area (Å²) >= 11 is 0. The predicted molar refractivity (Wildman–Crippen MR) is 66.4 cm³/mol. The standard InChI is InChI=1S/C14H11F5N2/c15-8-5-10(17)13(11(18)6-8)12(21-20)4-7-2-1-3-9(16)14(7)19/h1-3,5-6,12,21H,4,20H2. The second-order valence-corrected chi connectivity index (χ2v) is 4.42. The third-order valence-electron chi connectivity index (χ3n) is 3.05. The summed E-state index contributed by atoms with van der Waals surface area (Å²) < 4.78 is 67.0. The quantitative estimate of drug-likeness (QED) is 0.517. The molecule has 112 valence electrons. The van der Waals surface area contributed by atoms with Gasteiger partial charge < -0.3 is 0 Å². The van der Waals surface area contributed by atoms with E-state index in [1.807, 2.05) is 0 Å². The summed E-state index contributed by atoms with van der Waals surface area (Å²) in [4.78, 5) is 0. The van der Waals surface area contributed by atoms with Crippen LogP contribution in [-0.2, 0) is 6.42 Å². The highest BCUT2D eigenvalue weighted by Gasteiger charge is 2.22. The highest BCUT2D eigenvalue weighted by Crippen LogP contribution is 2.26. The van der Waals surface area contributed by atoms with Crippen LogP contribution in [0, 0.1) is 29.1 Å². The molecule has 0 saturated carbocycles. The van der Waals surface area contributed by atoms with Gasteiger partial charge in [-0.25, -0.2) is 22.0 Å². The van der Waals surface area contributed by atoms with Crippen LogP contribution in [0.4, 0.5) is 22.0 Å². The van der Waals surface area contributed by atoms with Gasteiger partial charge in [-0.1, -0.05) is 12.1 Å². The van der Waals surface area contributed by atoms with Gasteiger partial charge in [-0.15, -0.1) is 0 Å². The van der Waals surface area contributed by atoms with Crippen LogP contribution in [0.5, 0.6) is 0 Å². The second kappa shape index (κ2) is 6.19. The lowest BCUT2D eigenvalue weighted by Gasteiger charge is -2.18. The molecule has 0 bridgehead atoms. The zero-order chi connectivity index (χ0) is 15.6. The lowest BCUT2D eigenvalue weighted by atomic mass is 9.98. The number of hydrogen-bond acceptors (Lipinski definition) is 2. The molecule has 2 aromatic rings. The molecule has 3 N–H and O–H groups in total. The first-order valence-corrected chi connectivity index (χ1v) is 5.97. The first kappa shape index (κ1) is 15.4. The molecule has 21 heavy (non-hydrogen) atoms. The maximum Gasteiger partial charge on any atom is 0.162 e. The Labute approximate surface area is 117 Å². The predicted octanol–water partition coefficient (Wildman–Crippen LogP) is 3.13. The van der Waals surface area contributed by atoms with E-state index >= 15 is 0 Å². The topological polar surface area (TPSA) is 38.0 Å². The molecule has 1 atom stereocenters. The van der Waals surface area contributed by atoms with E-state index in [-0.39, 0.29) is 12.0 Å². The normalized spacial score (nSPS) is 12.5. The Morgan fingerprint density at radius 1 is 0.952 bits per heavy atom. The van der Waals surface area contributed by atoms with Crippen LogP contribution < -0.4 is 11.3 Å². The van der Waals surface area contributed by atoms with Crippen molar-refractivity contribution in [1.29, 1.82) is 0 Å². The van der Waals surface area contributed by atoms with Gasteiger partial charge in [0.1, 0.15) is 17.5 Å². The van der Waals surface area contributed by atoms with Crippen molar-refractivity contribution >= 4 is 0 Å². The van der Waals surface area contributed by atoms with Crippen molar-refractivity contribution < 1.29 is 22.0 Å². The Hall–Kier alpha value is -1.99. The fourth-order valence-electron chi connectivity index (χ4n) is 2.06. The van der Waals surface area contributed by atoms with E-state index in [0.717, 1.165) is 6.07 Å². The zero-order valence-corrected chi connectivity index (χ0v) is 10.6. The molecule has 0 radical (unpaired) electrons. The number of nitrogens with one attached hydrogen (secondary N) is 1. The van der Waals surface area contributed by atoms with E-state index in [2.05, 4.69) is 5.43 Å². The number of hydrogen-bond donors (Lipinski definition) is 2. The van der Waals surface area contributed by atoms with Gasteiger partial charge in [0.2, 0.25) is 0 Å². The summed E-state index contributed by atoms with van der Waals surface area (Å²) in [5.41, 5.74) is 1.47. The molecule has 2 rings (SSSR count). The van der Waals surface area contributed by atoms with Crippen LogP contribution in [0.2, 0.25) is 0 Å². The molecule has 0 fully saturated rings. The van der Waals surface area contributed by atoms with Crippen LogP contribution >= 0.6 is 0 Å². The molecule has 0 saturated heterocycles. The first-order chi connectivity index (χ1) is 9.93. The van der Waals surface area contributed by atoms with Gasteiger partial charge in [0.15, 0.2) is 11.6 Å². The van der Waals surface area contributed by atoms with Gasteiger partial charge in [0.05, 0.1) is 6.04 Å². The van der Waals surface area contributed by atoms with E-state index < -0.39 is 40.7 Å². The monoisotopic (exact) mass is 302 g/mol. The smallest absolute Gasteiger partial charge is 0.162 e. The molecule has 0 amide bonds. The molecule has 0 spiro atoms. The van der Waals surface area contributed by atoms with E-state index in [1.54, 1.807) is 0 Å². The van der Waals surface area contributed by atoms with Crippen molar-refractivity contribution in [1.82, 2.24) is 5.43 Å². The van der Waals surface area contributed by atoms with Gasteiger partial charge in [-0.3, -0.25) is 11.3 Å². The van der Waals surface area contributed by atoms with Crippen molar-refractivity contribution in [2.45, 2.75) is 12.5 Å². The van der Waals surface area contributed by atoms with Crippen molar-refractivity contribution in [3.63, 3.8) is 0 Å². The van der Waals surface area contributed by atoms with Gasteiger partial charge >= 0.3 is 0 Å². The van der Waals surface area contributed by atoms with Crippen LogP contribution in [0.1, 0.15) is 17.2 Å². The largest absolute Gasteiger partial charge is 0.271 e. The molecule has 0 aliphatic carbocycles. The summed E-state index contributed by atoms with van der Waals surface area (Å²) in [6.07, 6.45) is -0.306. The molecule has 1 unspecified atom stereocenters. The molecule has 0 aliphatic rings. The molecular formula is C14H11F5N2. The average molecular weight is 302 g/mol. The molecule has 2 nitrogen and oxygen atoms in total. The lowest BCUT2D eigenvalue weighted by Crippen LogP contribution is -2.31. The van der Waals surface area contributed by atoms with Crippen molar-refractivity contribution in [2.75, 3.05) is 0 Å². The average Bonchev–Trinajstić information content (AvgIpc) is 2.41. The van der Waals surface area contributed by atoms with Gasteiger partial charge in [0.25, 0.3) is 0 Å². The summed E-state index contributed by atoms with van der Waals surface area (Å²) in [6.45, 7) is 0. The summed E-state index contributed by atoms with van der Waals surface area (Å²) in [5.74, 6) is -0.383. The summed E-state index contributed by atoms with van der Waals surface area (Å²) in [5, 5.41) is 0. The molecule has 2 aromatic carbocycles. The van der Waals surface area contributed by atoms with Crippen LogP contribution in [-0.4, -0.2) is 0 Å². The summed E-state index contributed by atoms with van der Waals surface area (Å²) in [7, 11) is 0. The Balaban J connectivity index is 2.39. The fraction of sp³-hybridized carbons (Fsp3) is 0.143. The Morgan fingerprint density at radius 3 is 2.14 bits per heavy atom. The minimum Gasteiger partial charge on any atom is -0.271 e. The first-order valence-electron chi connectivity index (χ1n) is 5.97. The summed E-state index contributed by atoms with van der Waals surface area (Å²) in [6, 6.07) is 3.25. The highest BCUT2D eigenvalue weighted by molar-refractivity contribution is 5.28. The minimum absolute atomic E-state index is 0.110. The van der Waals surface area contributed by atoms with E-state index in [4.69, 9.17) is 5.84 Å². The van der Waals surface area contributed by atoms with Crippen LogP contribution in [0.3, 0.4) is 0 Å². The Bertz CT molecular complexity index is 637. The zero-order valence-electron chi connectivity index (χ0n) is 10.6. The number of nitrogens with two attached hydrogens (primary N) is 1. The SMILES string of the molecule is NNC(Cc1cccc(F)c1F)c1c(F)cc(F)cc1F. The van der Waals surface area contributed by atoms with E-state index in [1.165, 1.54) is 12.1 Å². The van der Waals surface area contributed by atoms with Gasteiger partial charge in [-0.2, -0.15) is 0 Å². The van der Waals surface area contributed by atoms with E-state index in [0.29, 0.717) is 12.1 Å². The van der Waals surface area contributed by atoms with Crippen LogP contribution in [0.25, 0.3) is 0 Å². The number of rotatable bonds is 4. The van der Waals surface area contributed by atoms with Gasteiger partial charge in [-0.05, 0) is 18.1 Å². The lowest BCUT2D eigenvalue weighted by molar-refractivity contribution is 0.448. The van der Waals surface area contributed by atoms with Crippen molar-refractivity contribution in [3.05, 3.63) is 70.5 Å². The third-order valence-corrected chi connectivity index (χ3v) is 3.05. The number of benzene rings is 2. The molecule has 0 aromatic heterocycles. The molecule has 0 heterocycles. The van der Waals surface area contributed by atoms with Crippen LogP contribution in [0.15, 0.2) is 30.3 Å². The van der Waals surface area contributed by atoms with Crippen molar-refractivity contribution in [3.8, 4) is 0 Å². The van der Waals surface area contributed by atoms with E-state index in [9.17, 15) is 22.0 Å². The molecular weight excluding hydrogens is 291 g/mol. The minimum atomic E-state index is -1.18. The fourth-order valence-corrected chi connectivity index (χ4v) is 2.06. The number of halogens is 5. The molecule has 7 heteroatoms. The Morgan fingerprint density at radius 2 is 1.57 bits per heavy atom. The van der Waals surface area contributed by atoms with Crippen molar-refractivity contribution in [2.24, 2.45) is 5.84 Å². The van der Waals surface area contributed by atoms with Gasteiger partial charge in [0, 0.05) is 17.7 Å². The second-order valence-electron chi connectivity index (χ2n) is 4.42. The maximum atomic E-state index is 13.7. The molecule has 0 aliphatic heterocycles. The highest BCUT2D eigenvalue weighted by atomic mass is 19.2. The Kier molecular flexibility index (Phi) is 4.54.